The van der Waals surface area contributed by atoms with Crippen molar-refractivity contribution in [1.82, 2.24) is 19.7 Å². The topological polar surface area (TPSA) is 83.8 Å². The van der Waals surface area contributed by atoms with Gasteiger partial charge in [0.15, 0.2) is 0 Å². The van der Waals surface area contributed by atoms with Gasteiger partial charge < -0.3 is 9.67 Å². The highest BCUT2D eigenvalue weighted by molar-refractivity contribution is 8.04. The quantitative estimate of drug-likeness (QED) is 0.396. The number of aliphatic carboxylic acids is 1. The molecule has 0 fully saturated rings. The van der Waals surface area contributed by atoms with Crippen molar-refractivity contribution in [2.75, 3.05) is 0 Å². The Hall–Kier alpha value is -3.06. The number of aromatic amines is 1. The zero-order valence-corrected chi connectivity index (χ0v) is 15.7. The van der Waals surface area contributed by atoms with E-state index < -0.39 is 5.97 Å². The third-order valence-corrected chi connectivity index (χ3v) is 5.28. The predicted octanol–water partition coefficient (Wildman–Crippen LogP) is 4.46. The van der Waals surface area contributed by atoms with Gasteiger partial charge in [0.1, 0.15) is 10.7 Å². The summed E-state index contributed by atoms with van der Waals surface area (Å²) in [6, 6.07) is 14.3. The smallest absolute Gasteiger partial charge is 0.342 e. The van der Waals surface area contributed by atoms with E-state index in [1.165, 1.54) is 10.9 Å². The minimum Gasteiger partial charge on any atom is -0.477 e. The van der Waals surface area contributed by atoms with E-state index in [0.717, 1.165) is 34.8 Å². The Bertz CT molecular complexity index is 1190. The highest BCUT2D eigenvalue weighted by Crippen LogP contribution is 2.31. The number of hydrogen-bond acceptors (Lipinski definition) is 4. The third-order valence-electron chi connectivity index (χ3n) is 4.40. The molecule has 4 rings (SSSR count). The van der Waals surface area contributed by atoms with E-state index >= 15 is 0 Å². The summed E-state index contributed by atoms with van der Waals surface area (Å²) in [6.45, 7) is 4.77. The van der Waals surface area contributed by atoms with Gasteiger partial charge >= 0.3 is 5.97 Å². The van der Waals surface area contributed by atoms with Gasteiger partial charge in [0, 0.05) is 28.4 Å². The normalized spacial score (nSPS) is 12.1. The molecule has 0 aliphatic heterocycles. The fourth-order valence-electron chi connectivity index (χ4n) is 3.25. The maximum atomic E-state index is 11.7. The molecule has 0 atom stereocenters. The number of rotatable bonds is 5. The largest absolute Gasteiger partial charge is 0.477 e. The van der Waals surface area contributed by atoms with Crippen LogP contribution in [0.4, 0.5) is 0 Å². The summed E-state index contributed by atoms with van der Waals surface area (Å²) in [4.78, 5) is 16.0. The van der Waals surface area contributed by atoms with Crippen molar-refractivity contribution in [1.29, 1.82) is 0 Å². The number of carboxylic acids is 1. The Balaban J connectivity index is 1.81. The van der Waals surface area contributed by atoms with E-state index in [4.69, 9.17) is 0 Å². The second-order valence-electron chi connectivity index (χ2n) is 6.16. The highest BCUT2D eigenvalue weighted by atomic mass is 32.2. The number of benzene rings is 2. The zero-order valence-electron chi connectivity index (χ0n) is 14.9. The molecule has 27 heavy (non-hydrogen) atoms. The summed E-state index contributed by atoms with van der Waals surface area (Å²) < 4.78 is 2.27. The van der Waals surface area contributed by atoms with E-state index in [1.54, 1.807) is 13.0 Å². The summed E-state index contributed by atoms with van der Waals surface area (Å²) in [6.07, 6.45) is 1.66. The first-order chi connectivity index (χ1) is 13.1. The molecule has 4 aromatic rings. The molecular formula is C20H18N4O2S. The van der Waals surface area contributed by atoms with Gasteiger partial charge in [-0.25, -0.2) is 9.78 Å². The first-order valence-corrected chi connectivity index (χ1v) is 9.41. The fraction of sp³-hybridized carbons (Fsp3) is 0.150. The van der Waals surface area contributed by atoms with Gasteiger partial charge in [-0.3, -0.25) is 5.10 Å². The van der Waals surface area contributed by atoms with Crippen LogP contribution in [-0.4, -0.2) is 30.8 Å². The number of fused-ring (bicyclic) bond motifs is 3. The molecule has 0 saturated carbocycles. The van der Waals surface area contributed by atoms with Gasteiger partial charge in [0.2, 0.25) is 5.16 Å². The van der Waals surface area contributed by atoms with E-state index in [0.29, 0.717) is 11.0 Å². The summed E-state index contributed by atoms with van der Waals surface area (Å²) in [5.74, 6) is -0.352. The summed E-state index contributed by atoms with van der Waals surface area (Å²) in [5.41, 5.74) is 3.16. The van der Waals surface area contributed by atoms with E-state index in [-0.39, 0.29) is 4.91 Å². The van der Waals surface area contributed by atoms with Gasteiger partial charge in [-0.2, -0.15) is 0 Å². The molecule has 0 radical (unpaired) electrons. The number of carboxylic acid groups (broad SMARTS) is 1. The molecule has 0 unspecified atom stereocenters. The van der Waals surface area contributed by atoms with Gasteiger partial charge in [0.05, 0.1) is 0 Å². The SMILES string of the molecule is CCn1c2ccccc2c2cc(/C=C(/Sc3n[nH]c(C)n3)C(=O)O)ccc21. The summed E-state index contributed by atoms with van der Waals surface area (Å²) >= 11 is 1.03. The lowest BCUT2D eigenvalue weighted by Gasteiger charge is -2.03. The van der Waals surface area contributed by atoms with E-state index in [9.17, 15) is 9.90 Å². The molecule has 2 aromatic heterocycles. The number of thioether (sulfide) groups is 1. The molecule has 2 aromatic carbocycles. The van der Waals surface area contributed by atoms with Crippen LogP contribution < -0.4 is 0 Å². The minimum absolute atomic E-state index is 0.174. The van der Waals surface area contributed by atoms with Crippen LogP contribution in [0, 0.1) is 6.92 Å². The van der Waals surface area contributed by atoms with Crippen molar-refractivity contribution in [3.8, 4) is 0 Å². The number of para-hydroxylation sites is 1. The zero-order chi connectivity index (χ0) is 19.0. The van der Waals surface area contributed by atoms with E-state index in [2.05, 4.69) is 38.8 Å². The van der Waals surface area contributed by atoms with Crippen LogP contribution in [0.3, 0.4) is 0 Å². The number of nitrogens with zero attached hydrogens (tertiary/aromatic N) is 3. The lowest BCUT2D eigenvalue weighted by atomic mass is 10.1. The number of carbonyl (C=O) groups is 1. The standard InChI is InChI=1S/C20H18N4O2S/c1-3-24-16-7-5-4-6-14(16)15-10-13(8-9-17(15)24)11-18(19(25)26)27-20-21-12(2)22-23-20/h4-11H,3H2,1-2H3,(H,25,26)(H,21,22,23)/b18-11+. The third kappa shape index (κ3) is 3.21. The van der Waals surface area contributed by atoms with Crippen LogP contribution >= 0.6 is 11.8 Å². The van der Waals surface area contributed by atoms with Crippen molar-refractivity contribution in [2.24, 2.45) is 0 Å². The van der Waals surface area contributed by atoms with Crippen LogP contribution in [0.2, 0.25) is 0 Å². The van der Waals surface area contributed by atoms with Crippen molar-refractivity contribution in [2.45, 2.75) is 25.5 Å². The number of aromatic nitrogens is 4. The molecular weight excluding hydrogens is 360 g/mol. The van der Waals surface area contributed by atoms with E-state index in [1.807, 2.05) is 30.3 Å². The number of nitrogens with one attached hydrogen (secondary N) is 1. The summed E-state index contributed by atoms with van der Waals surface area (Å²) in [7, 11) is 0. The van der Waals surface area contributed by atoms with Gasteiger partial charge in [0.25, 0.3) is 0 Å². The minimum atomic E-state index is -1.00. The van der Waals surface area contributed by atoms with Crippen LogP contribution in [0.15, 0.2) is 52.5 Å². The van der Waals surface area contributed by atoms with Crippen LogP contribution in [0.25, 0.3) is 27.9 Å². The Labute approximate surface area is 159 Å². The molecule has 0 spiro atoms. The molecule has 0 aliphatic rings. The second-order valence-corrected chi connectivity index (χ2v) is 7.17. The Morgan fingerprint density at radius 2 is 2.00 bits per heavy atom. The van der Waals surface area contributed by atoms with Crippen molar-refractivity contribution < 1.29 is 9.90 Å². The maximum Gasteiger partial charge on any atom is 0.342 e. The average molecular weight is 378 g/mol. The fourth-order valence-corrected chi connectivity index (χ4v) is 4.01. The van der Waals surface area contributed by atoms with Crippen molar-refractivity contribution >= 4 is 45.6 Å². The number of hydrogen-bond donors (Lipinski definition) is 2. The maximum absolute atomic E-state index is 11.7. The molecule has 136 valence electrons. The molecule has 2 N–H and O–H groups in total. The Morgan fingerprint density at radius 3 is 2.70 bits per heavy atom. The van der Waals surface area contributed by atoms with Crippen LogP contribution in [0.5, 0.6) is 0 Å². The average Bonchev–Trinajstić information content (AvgIpc) is 3.21. The highest BCUT2D eigenvalue weighted by Gasteiger charge is 2.14. The molecule has 0 amide bonds. The number of H-pyrrole nitrogens is 1. The molecule has 0 bridgehead atoms. The molecule has 2 heterocycles. The van der Waals surface area contributed by atoms with Crippen LogP contribution in [0.1, 0.15) is 18.3 Å². The van der Waals surface area contributed by atoms with Gasteiger partial charge in [-0.15, -0.1) is 5.10 Å². The Kier molecular flexibility index (Phi) is 4.45. The number of aryl methyl sites for hydroxylation is 2. The predicted molar refractivity (Wildman–Crippen MR) is 108 cm³/mol. The molecule has 7 heteroatoms. The van der Waals surface area contributed by atoms with Crippen molar-refractivity contribution in [3.63, 3.8) is 0 Å². The monoisotopic (exact) mass is 378 g/mol. The lowest BCUT2D eigenvalue weighted by Crippen LogP contribution is -1.97. The Morgan fingerprint density at radius 1 is 1.22 bits per heavy atom. The summed E-state index contributed by atoms with van der Waals surface area (Å²) in [5, 5.41) is 19.0. The van der Waals surface area contributed by atoms with Gasteiger partial charge in [-0.05, 0) is 55.4 Å². The first-order valence-electron chi connectivity index (χ1n) is 8.59. The lowest BCUT2D eigenvalue weighted by molar-refractivity contribution is -0.131. The van der Waals surface area contributed by atoms with Crippen molar-refractivity contribution in [3.05, 3.63) is 58.8 Å². The van der Waals surface area contributed by atoms with Gasteiger partial charge in [-0.1, -0.05) is 24.3 Å². The van der Waals surface area contributed by atoms with Crippen LogP contribution in [-0.2, 0) is 11.3 Å². The molecule has 6 nitrogen and oxygen atoms in total. The molecule has 0 aliphatic carbocycles. The first kappa shape index (κ1) is 17.4. The molecule has 0 saturated heterocycles. The second kappa shape index (κ2) is 6.92.